The van der Waals surface area contributed by atoms with Gasteiger partial charge in [-0.25, -0.2) is 13.1 Å². The highest BCUT2D eigenvalue weighted by molar-refractivity contribution is 9.10. The number of methoxy groups -OCH3 is 1. The predicted octanol–water partition coefficient (Wildman–Crippen LogP) is 2.73. The molecule has 0 aliphatic rings. The summed E-state index contributed by atoms with van der Waals surface area (Å²) in [6.07, 6.45) is 0.915. The quantitative estimate of drug-likeness (QED) is 0.786. The van der Waals surface area contributed by atoms with Gasteiger partial charge in [0.1, 0.15) is 6.61 Å². The van der Waals surface area contributed by atoms with Gasteiger partial charge in [-0.05, 0) is 35.9 Å². The summed E-state index contributed by atoms with van der Waals surface area (Å²) < 4.78 is 36.0. The van der Waals surface area contributed by atoms with Gasteiger partial charge >= 0.3 is 0 Å². The van der Waals surface area contributed by atoms with Crippen molar-refractivity contribution in [1.29, 1.82) is 0 Å². The molecule has 1 N–H and O–H groups in total. The molecule has 0 radical (unpaired) electrons. The van der Waals surface area contributed by atoms with E-state index in [0.717, 1.165) is 16.3 Å². The predicted molar refractivity (Wildman–Crippen MR) is 93.8 cm³/mol. The summed E-state index contributed by atoms with van der Waals surface area (Å²) >= 11 is 3.36. The van der Waals surface area contributed by atoms with Crippen molar-refractivity contribution < 1.29 is 22.7 Å². The molecule has 0 aliphatic carbocycles. The third kappa shape index (κ3) is 5.24. The van der Waals surface area contributed by atoms with Crippen molar-refractivity contribution in [2.24, 2.45) is 0 Å². The van der Waals surface area contributed by atoms with Crippen LogP contribution in [0.15, 0.2) is 46.9 Å². The lowest BCUT2D eigenvalue weighted by Gasteiger charge is -2.12. The number of rotatable bonds is 6. The average molecular weight is 414 g/mol. The van der Waals surface area contributed by atoms with Crippen LogP contribution < -0.4 is 14.2 Å². The van der Waals surface area contributed by atoms with Gasteiger partial charge in [-0.3, -0.25) is 4.79 Å². The van der Waals surface area contributed by atoms with Gasteiger partial charge in [0.05, 0.1) is 13.4 Å². The first kappa shape index (κ1) is 18.3. The molecule has 0 fully saturated rings. The summed E-state index contributed by atoms with van der Waals surface area (Å²) in [5.74, 6) is 0.0693. The largest absolute Gasteiger partial charge is 0.493 e. The maximum Gasteiger partial charge on any atom is 0.264 e. The summed E-state index contributed by atoms with van der Waals surface area (Å²) in [6.45, 7) is 0.332. The zero-order valence-electron chi connectivity index (χ0n) is 13.1. The van der Waals surface area contributed by atoms with Gasteiger partial charge in [0, 0.05) is 10.0 Å². The first-order valence-corrected chi connectivity index (χ1v) is 9.54. The Hall–Kier alpha value is -2.06. The van der Waals surface area contributed by atoms with E-state index in [1.807, 2.05) is 29.0 Å². The third-order valence-electron chi connectivity index (χ3n) is 3.01. The minimum absolute atomic E-state index is 0.160. The van der Waals surface area contributed by atoms with Crippen LogP contribution in [0.1, 0.15) is 15.9 Å². The van der Waals surface area contributed by atoms with E-state index in [1.165, 1.54) is 19.2 Å². The molecule has 0 heterocycles. The molecule has 0 unspecified atom stereocenters. The molecule has 0 atom stereocenters. The summed E-state index contributed by atoms with van der Waals surface area (Å²) in [5, 5.41) is 0. The molecular formula is C16H16BrNO5S. The summed E-state index contributed by atoms with van der Waals surface area (Å²) in [7, 11) is -2.18. The molecule has 24 heavy (non-hydrogen) atoms. The van der Waals surface area contributed by atoms with Crippen LogP contribution in [0.2, 0.25) is 0 Å². The Morgan fingerprint density at radius 2 is 1.79 bits per heavy atom. The number of sulfonamides is 1. The smallest absolute Gasteiger partial charge is 0.264 e. The van der Waals surface area contributed by atoms with Gasteiger partial charge in [-0.15, -0.1) is 0 Å². The van der Waals surface area contributed by atoms with Crippen LogP contribution in [0, 0.1) is 0 Å². The van der Waals surface area contributed by atoms with Crippen molar-refractivity contribution in [3.63, 3.8) is 0 Å². The fraction of sp³-hybridized carbons (Fsp3) is 0.188. The number of carbonyl (C=O) groups excluding carboxylic acids is 1. The normalized spacial score (nSPS) is 11.0. The SMILES string of the molecule is COc1cc(C(=O)NS(C)(=O)=O)ccc1OCc1ccc(Br)cc1. The third-order valence-corrected chi connectivity index (χ3v) is 4.10. The van der Waals surface area contributed by atoms with Gasteiger partial charge in [-0.2, -0.15) is 0 Å². The summed E-state index contributed by atoms with van der Waals surface area (Å²) in [6, 6.07) is 12.1. The summed E-state index contributed by atoms with van der Waals surface area (Å²) in [5.41, 5.74) is 1.13. The lowest BCUT2D eigenvalue weighted by molar-refractivity contribution is 0.0981. The molecule has 8 heteroatoms. The maximum atomic E-state index is 11.9. The van der Waals surface area contributed by atoms with E-state index in [0.29, 0.717) is 18.1 Å². The number of carbonyl (C=O) groups is 1. The van der Waals surface area contributed by atoms with E-state index in [2.05, 4.69) is 15.9 Å². The lowest BCUT2D eigenvalue weighted by Crippen LogP contribution is -2.29. The number of amides is 1. The number of nitrogens with one attached hydrogen (secondary N) is 1. The first-order valence-electron chi connectivity index (χ1n) is 6.86. The number of halogens is 1. The van der Waals surface area contributed by atoms with E-state index < -0.39 is 15.9 Å². The first-order chi connectivity index (χ1) is 11.3. The second-order valence-corrected chi connectivity index (χ2v) is 7.65. The number of hydrogen-bond donors (Lipinski definition) is 1. The maximum absolute atomic E-state index is 11.9. The van der Waals surface area contributed by atoms with E-state index >= 15 is 0 Å². The van der Waals surface area contributed by atoms with Gasteiger partial charge in [0.2, 0.25) is 10.0 Å². The number of benzene rings is 2. The molecule has 1 amide bonds. The molecule has 6 nitrogen and oxygen atoms in total. The van der Waals surface area contributed by atoms with Crippen LogP contribution in [0.25, 0.3) is 0 Å². The Bertz CT molecular complexity index is 834. The number of ether oxygens (including phenoxy) is 2. The zero-order chi connectivity index (χ0) is 17.7. The van der Waals surface area contributed by atoms with Crippen molar-refractivity contribution >= 4 is 31.9 Å². The van der Waals surface area contributed by atoms with Crippen LogP contribution in [-0.2, 0) is 16.6 Å². The highest BCUT2D eigenvalue weighted by Gasteiger charge is 2.14. The Morgan fingerprint density at radius 1 is 1.12 bits per heavy atom. The van der Waals surface area contributed by atoms with Crippen LogP contribution in [0.4, 0.5) is 0 Å². The van der Waals surface area contributed by atoms with Gasteiger partial charge in [0.15, 0.2) is 11.5 Å². The van der Waals surface area contributed by atoms with Crippen LogP contribution in [-0.4, -0.2) is 27.7 Å². The molecule has 0 aromatic heterocycles. The highest BCUT2D eigenvalue weighted by atomic mass is 79.9. The zero-order valence-corrected chi connectivity index (χ0v) is 15.5. The molecule has 0 aliphatic heterocycles. The van der Waals surface area contributed by atoms with Gasteiger partial charge < -0.3 is 9.47 Å². The Balaban J connectivity index is 2.13. The minimum atomic E-state index is -3.63. The Kier molecular flexibility index (Phi) is 5.84. The summed E-state index contributed by atoms with van der Waals surface area (Å²) in [4.78, 5) is 11.9. The molecule has 2 rings (SSSR count). The molecule has 2 aromatic rings. The van der Waals surface area contributed by atoms with Gasteiger partial charge in [0.25, 0.3) is 5.91 Å². The van der Waals surface area contributed by atoms with Crippen molar-refractivity contribution in [2.45, 2.75) is 6.61 Å². The second kappa shape index (κ2) is 7.67. The average Bonchev–Trinajstić information content (AvgIpc) is 2.52. The standard InChI is InChI=1S/C16H16BrNO5S/c1-22-15-9-12(16(19)18-24(2,20)21)5-8-14(15)23-10-11-3-6-13(17)7-4-11/h3-9H,10H2,1-2H3,(H,18,19). The van der Waals surface area contributed by atoms with E-state index in [4.69, 9.17) is 9.47 Å². The second-order valence-electron chi connectivity index (χ2n) is 4.98. The number of hydrogen-bond acceptors (Lipinski definition) is 5. The fourth-order valence-corrected chi connectivity index (χ4v) is 2.62. The van der Waals surface area contributed by atoms with Crippen molar-refractivity contribution in [3.05, 3.63) is 58.1 Å². The molecule has 2 aromatic carbocycles. The molecule has 128 valence electrons. The minimum Gasteiger partial charge on any atom is -0.493 e. The van der Waals surface area contributed by atoms with Crippen molar-refractivity contribution in [1.82, 2.24) is 4.72 Å². The lowest BCUT2D eigenvalue weighted by atomic mass is 10.2. The van der Waals surface area contributed by atoms with Crippen LogP contribution >= 0.6 is 15.9 Å². The van der Waals surface area contributed by atoms with Crippen molar-refractivity contribution in [3.8, 4) is 11.5 Å². The van der Waals surface area contributed by atoms with Gasteiger partial charge in [-0.1, -0.05) is 28.1 Å². The monoisotopic (exact) mass is 413 g/mol. The van der Waals surface area contributed by atoms with Crippen molar-refractivity contribution in [2.75, 3.05) is 13.4 Å². The van der Waals surface area contributed by atoms with Crippen LogP contribution in [0.3, 0.4) is 0 Å². The molecule has 0 saturated carbocycles. The Morgan fingerprint density at radius 3 is 2.38 bits per heavy atom. The topological polar surface area (TPSA) is 81.7 Å². The molecule has 0 saturated heterocycles. The Labute approximate surface area is 149 Å². The molecule has 0 bridgehead atoms. The highest BCUT2D eigenvalue weighted by Crippen LogP contribution is 2.29. The molecular weight excluding hydrogens is 398 g/mol. The fourth-order valence-electron chi connectivity index (χ4n) is 1.90. The molecule has 0 spiro atoms. The van der Waals surface area contributed by atoms with Crippen LogP contribution in [0.5, 0.6) is 11.5 Å². The van der Waals surface area contributed by atoms with E-state index in [1.54, 1.807) is 6.07 Å². The van der Waals surface area contributed by atoms with E-state index in [9.17, 15) is 13.2 Å². The van der Waals surface area contributed by atoms with E-state index in [-0.39, 0.29) is 5.56 Å².